The molecule has 1 amide bonds. The number of benzene rings is 1. The van der Waals surface area contributed by atoms with Gasteiger partial charge in [0.15, 0.2) is 0 Å². The molecule has 0 saturated carbocycles. The fourth-order valence-electron chi connectivity index (χ4n) is 0.901. The Hall–Kier alpha value is -1.49. The van der Waals surface area contributed by atoms with Crippen molar-refractivity contribution in [1.29, 1.82) is 0 Å². The average molecular weight is 187 g/mol. The van der Waals surface area contributed by atoms with Gasteiger partial charge in [-0.15, -0.1) is 0 Å². The number of nitrogens with one attached hydrogen (secondary N) is 1. The molecule has 0 bridgehead atoms. The van der Waals surface area contributed by atoms with E-state index in [9.17, 15) is 13.6 Å². The van der Waals surface area contributed by atoms with Crippen LogP contribution in [0.4, 0.5) is 8.78 Å². The van der Waals surface area contributed by atoms with Gasteiger partial charge in [0.2, 0.25) is 0 Å². The average Bonchev–Trinajstić information content (AvgIpc) is 2.09. The lowest BCUT2D eigenvalue weighted by Crippen LogP contribution is -2.67. The van der Waals surface area contributed by atoms with Crippen molar-refractivity contribution in [3.63, 3.8) is 0 Å². The van der Waals surface area contributed by atoms with Gasteiger partial charge in [0.1, 0.15) is 11.6 Å². The van der Waals surface area contributed by atoms with Gasteiger partial charge in [-0.25, -0.2) is 14.2 Å². The number of rotatable bonds is 2. The summed E-state index contributed by atoms with van der Waals surface area (Å²) in [4.78, 5) is 10.8. The molecule has 1 aromatic rings. The monoisotopic (exact) mass is 187 g/mol. The normalized spacial score (nSPS) is 9.77. The minimum Gasteiger partial charge on any atom is -0.270 e. The van der Waals surface area contributed by atoms with E-state index in [0.29, 0.717) is 0 Å². The van der Waals surface area contributed by atoms with Crippen molar-refractivity contribution in [2.45, 2.75) is 6.42 Å². The first-order valence-electron chi connectivity index (χ1n) is 3.63. The summed E-state index contributed by atoms with van der Waals surface area (Å²) < 4.78 is 25.3. The molecule has 0 spiro atoms. The van der Waals surface area contributed by atoms with Gasteiger partial charge in [-0.2, -0.15) is 0 Å². The van der Waals surface area contributed by atoms with E-state index in [1.165, 1.54) is 6.07 Å². The number of amides is 1. The van der Waals surface area contributed by atoms with E-state index in [1.54, 1.807) is 0 Å². The topological polar surface area (TPSA) is 56.7 Å². The lowest BCUT2D eigenvalue weighted by atomic mass is 10.1. The number of halogens is 2. The molecule has 4 N–H and O–H groups in total. The van der Waals surface area contributed by atoms with E-state index in [2.05, 4.69) is 11.3 Å². The smallest absolute Gasteiger partial charge is 0.269 e. The zero-order chi connectivity index (χ0) is 9.84. The Labute approximate surface area is 73.5 Å². The molecule has 0 aromatic heterocycles. The number of carbonyl (C=O) groups is 1. The van der Waals surface area contributed by atoms with Gasteiger partial charge < -0.3 is 0 Å². The molecule has 0 saturated heterocycles. The molecular formula is C8H9F2N2O+. The van der Waals surface area contributed by atoms with Crippen molar-refractivity contribution in [3.8, 4) is 0 Å². The van der Waals surface area contributed by atoms with Crippen LogP contribution in [0.25, 0.3) is 0 Å². The molecule has 3 nitrogen and oxygen atoms in total. The first kappa shape index (κ1) is 9.60. The molecule has 5 heteroatoms. The Kier molecular flexibility index (Phi) is 2.92. The van der Waals surface area contributed by atoms with Crippen LogP contribution >= 0.6 is 0 Å². The maximum Gasteiger partial charge on any atom is 0.269 e. The van der Waals surface area contributed by atoms with Crippen LogP contribution in [-0.4, -0.2) is 5.91 Å². The Balaban J connectivity index is 2.83. The summed E-state index contributed by atoms with van der Waals surface area (Å²) in [5, 5.41) is 0. The highest BCUT2D eigenvalue weighted by Gasteiger charge is 2.08. The Morgan fingerprint density at radius 1 is 1.46 bits per heavy atom. The molecule has 0 heterocycles. The second-order valence-corrected chi connectivity index (χ2v) is 2.51. The lowest BCUT2D eigenvalue weighted by Gasteiger charge is -2.00. The molecule has 0 atom stereocenters. The van der Waals surface area contributed by atoms with Crippen molar-refractivity contribution in [3.05, 3.63) is 35.4 Å². The molecule has 1 rings (SSSR count). The predicted molar refractivity (Wildman–Crippen MR) is 41.1 cm³/mol. The number of hydrogen-bond acceptors (Lipinski definition) is 1. The fourth-order valence-corrected chi connectivity index (χ4v) is 0.901. The van der Waals surface area contributed by atoms with Gasteiger partial charge >= 0.3 is 0 Å². The van der Waals surface area contributed by atoms with Gasteiger partial charge in [-0.1, -0.05) is 6.07 Å². The molecule has 13 heavy (non-hydrogen) atoms. The van der Waals surface area contributed by atoms with Crippen LogP contribution in [0.3, 0.4) is 0 Å². The third-order valence-electron chi connectivity index (χ3n) is 1.56. The summed E-state index contributed by atoms with van der Waals surface area (Å²) in [6, 6.07) is 3.08. The van der Waals surface area contributed by atoms with Gasteiger partial charge in [0.25, 0.3) is 5.91 Å². The molecule has 0 radical (unpaired) electrons. The Morgan fingerprint density at radius 3 is 2.69 bits per heavy atom. The SMILES string of the molecule is [NH3+]NC(=O)Cc1ccc(F)cc1F. The van der Waals surface area contributed by atoms with E-state index in [4.69, 9.17) is 0 Å². The molecule has 0 unspecified atom stereocenters. The summed E-state index contributed by atoms with van der Waals surface area (Å²) in [7, 11) is 0. The number of quaternary nitrogens is 1. The van der Waals surface area contributed by atoms with Crippen molar-refractivity contribution in [2.24, 2.45) is 0 Å². The highest BCUT2D eigenvalue weighted by molar-refractivity contribution is 5.77. The van der Waals surface area contributed by atoms with Crippen LogP contribution < -0.4 is 11.3 Å². The lowest BCUT2D eigenvalue weighted by molar-refractivity contribution is -0.427. The fraction of sp³-hybridized carbons (Fsp3) is 0.125. The largest absolute Gasteiger partial charge is 0.270 e. The predicted octanol–water partition coefficient (Wildman–Crippen LogP) is -0.220. The summed E-state index contributed by atoms with van der Waals surface area (Å²) in [6.45, 7) is 0. The summed E-state index contributed by atoms with van der Waals surface area (Å²) in [5.41, 5.74) is 2.26. The Morgan fingerprint density at radius 2 is 2.15 bits per heavy atom. The second-order valence-electron chi connectivity index (χ2n) is 2.51. The molecular weight excluding hydrogens is 178 g/mol. The zero-order valence-electron chi connectivity index (χ0n) is 6.81. The van der Waals surface area contributed by atoms with E-state index in [0.717, 1.165) is 12.1 Å². The van der Waals surface area contributed by atoms with Crippen LogP contribution in [0, 0.1) is 11.6 Å². The van der Waals surface area contributed by atoms with Crippen molar-refractivity contribution in [1.82, 2.24) is 5.43 Å². The maximum atomic E-state index is 12.9. The van der Waals surface area contributed by atoms with Crippen molar-refractivity contribution >= 4 is 5.91 Å². The molecule has 0 aliphatic rings. The first-order chi connectivity index (χ1) is 6.13. The van der Waals surface area contributed by atoms with E-state index in [1.807, 2.05) is 0 Å². The molecule has 0 aliphatic heterocycles. The van der Waals surface area contributed by atoms with Crippen LogP contribution in [0.5, 0.6) is 0 Å². The second kappa shape index (κ2) is 3.95. The maximum absolute atomic E-state index is 12.9. The summed E-state index contributed by atoms with van der Waals surface area (Å²) >= 11 is 0. The van der Waals surface area contributed by atoms with Crippen LogP contribution in [0.15, 0.2) is 18.2 Å². The Bertz CT molecular complexity index is 328. The van der Waals surface area contributed by atoms with Gasteiger partial charge in [-0.3, -0.25) is 10.6 Å². The van der Waals surface area contributed by atoms with Crippen LogP contribution in [-0.2, 0) is 11.2 Å². The molecule has 0 fully saturated rings. The molecule has 1 aromatic carbocycles. The van der Waals surface area contributed by atoms with Gasteiger partial charge in [-0.05, 0) is 11.6 Å². The third kappa shape index (κ3) is 2.48. The summed E-state index contributed by atoms with van der Waals surface area (Å²) in [5.74, 6) is 1.35. The first-order valence-corrected chi connectivity index (χ1v) is 3.63. The standard InChI is InChI=1S/C8H8F2N2O/c9-6-2-1-5(7(10)4-6)3-8(13)12-11/h1-2,4H,3,11H2,(H,12,13)/p+1. The van der Waals surface area contributed by atoms with Crippen LogP contribution in [0.2, 0.25) is 0 Å². The van der Waals surface area contributed by atoms with Crippen molar-refractivity contribution in [2.75, 3.05) is 0 Å². The quantitative estimate of drug-likeness (QED) is 0.618. The van der Waals surface area contributed by atoms with E-state index >= 15 is 0 Å². The van der Waals surface area contributed by atoms with Gasteiger partial charge in [0, 0.05) is 6.07 Å². The number of hydrogen-bond donors (Lipinski definition) is 2. The van der Waals surface area contributed by atoms with E-state index in [-0.39, 0.29) is 12.0 Å². The van der Waals surface area contributed by atoms with E-state index < -0.39 is 17.5 Å². The minimum atomic E-state index is -0.719. The highest BCUT2D eigenvalue weighted by atomic mass is 19.1. The van der Waals surface area contributed by atoms with Crippen molar-refractivity contribution < 1.29 is 19.4 Å². The molecule has 0 aliphatic carbocycles. The minimum absolute atomic E-state index is 0.129. The summed E-state index contributed by atoms with van der Waals surface area (Å²) in [6.07, 6.45) is -0.129. The third-order valence-corrected chi connectivity index (χ3v) is 1.56. The number of carbonyl (C=O) groups excluding carboxylic acids is 1. The zero-order valence-corrected chi connectivity index (χ0v) is 6.81. The molecule has 70 valence electrons. The van der Waals surface area contributed by atoms with Crippen LogP contribution in [0.1, 0.15) is 5.56 Å². The highest BCUT2D eigenvalue weighted by Crippen LogP contribution is 2.09. The van der Waals surface area contributed by atoms with Gasteiger partial charge in [0.05, 0.1) is 6.42 Å².